The highest BCUT2D eigenvalue weighted by Crippen LogP contribution is 2.33. The minimum Gasteiger partial charge on any atom is -0.459 e. The summed E-state index contributed by atoms with van der Waals surface area (Å²) in [5.41, 5.74) is 4.62. The van der Waals surface area contributed by atoms with Crippen molar-refractivity contribution in [2.75, 3.05) is 0 Å². The number of esters is 1. The fourth-order valence-corrected chi connectivity index (χ4v) is 3.99. The molecule has 1 aromatic carbocycles. The van der Waals surface area contributed by atoms with Gasteiger partial charge in [0.05, 0.1) is 11.7 Å². The lowest BCUT2D eigenvalue weighted by Crippen LogP contribution is -2.34. The third kappa shape index (κ3) is 4.80. The van der Waals surface area contributed by atoms with Crippen molar-refractivity contribution in [1.82, 2.24) is 0 Å². The second-order valence-electron chi connectivity index (χ2n) is 8.55. The first-order valence-corrected chi connectivity index (χ1v) is 10.3. The lowest BCUT2D eigenvalue weighted by molar-refractivity contribution is -0.152. The molecule has 0 radical (unpaired) electrons. The van der Waals surface area contributed by atoms with Gasteiger partial charge in [0.25, 0.3) is 0 Å². The Bertz CT molecular complexity index is 836. The quantitative estimate of drug-likeness (QED) is 0.516. The van der Waals surface area contributed by atoms with Crippen LogP contribution < -0.4 is 0 Å². The number of aliphatic hydroxyl groups excluding tert-OH is 1. The van der Waals surface area contributed by atoms with Crippen LogP contribution in [0.3, 0.4) is 0 Å². The van der Waals surface area contributed by atoms with Crippen LogP contribution in [0.4, 0.5) is 0 Å². The molecule has 1 saturated heterocycles. The van der Waals surface area contributed by atoms with Gasteiger partial charge in [0.15, 0.2) is 5.79 Å². The Morgan fingerprint density at radius 1 is 1.07 bits per heavy atom. The molecule has 0 amide bonds. The number of hydrogen-bond donors (Lipinski definition) is 1. The lowest BCUT2D eigenvalue weighted by atomic mass is 9.93. The van der Waals surface area contributed by atoms with Gasteiger partial charge in [-0.2, -0.15) is 0 Å². The van der Waals surface area contributed by atoms with E-state index >= 15 is 0 Å². The summed E-state index contributed by atoms with van der Waals surface area (Å²) in [5, 5.41) is 10.6. The molecule has 1 N–H and O–H groups in total. The Kier molecular flexibility index (Phi) is 6.32. The lowest BCUT2D eigenvalue weighted by Gasteiger charge is -2.21. The molecule has 1 unspecified atom stereocenters. The molecule has 158 valence electrons. The largest absolute Gasteiger partial charge is 0.459 e. The molecule has 0 aromatic heterocycles. The average molecular weight is 401 g/mol. The summed E-state index contributed by atoms with van der Waals surface area (Å²) in [5.74, 6) is -1.07. The number of cyclic esters (lactones) is 1. The van der Waals surface area contributed by atoms with Gasteiger partial charge in [0.2, 0.25) is 0 Å². The Hall–Kier alpha value is -1.95. The molecule has 5 heteroatoms. The van der Waals surface area contributed by atoms with Crippen molar-refractivity contribution >= 4 is 12.0 Å². The number of fused-ring (bicyclic) bond motifs is 2. The monoisotopic (exact) mass is 400 g/mol. The number of aryl methyl sites for hydroxylation is 1. The average Bonchev–Trinajstić information content (AvgIpc) is 2.93. The van der Waals surface area contributed by atoms with E-state index in [1.165, 1.54) is 0 Å². The number of carbonyl (C=O) groups is 1. The summed E-state index contributed by atoms with van der Waals surface area (Å²) in [6.07, 6.45) is 6.72. The molecular weight excluding hydrogens is 368 g/mol. The van der Waals surface area contributed by atoms with Crippen LogP contribution in [0.15, 0.2) is 24.3 Å². The van der Waals surface area contributed by atoms with Crippen molar-refractivity contribution in [3.63, 3.8) is 0 Å². The molecule has 29 heavy (non-hydrogen) atoms. The van der Waals surface area contributed by atoms with Gasteiger partial charge in [0.1, 0.15) is 18.3 Å². The van der Waals surface area contributed by atoms with Crippen molar-refractivity contribution in [1.29, 1.82) is 0 Å². The summed E-state index contributed by atoms with van der Waals surface area (Å²) in [7, 11) is 0. The standard InChI is InChI=1S/C24H32O5/c1-14-13-18-10-8-12-20-22(29-24(5,6)28-20)19(25)11-7-9-15(2)27-23(26)21(18)17(4)16(14)3/h7-8,10-11,13,15,19-20,22,25H,9,12H2,1-6H3/b10-8+,11-7-/t15-,19?,20-,22+/m0/s1. The molecule has 2 aliphatic heterocycles. The fourth-order valence-electron chi connectivity index (χ4n) is 3.99. The zero-order chi connectivity index (χ0) is 21.3. The first-order chi connectivity index (χ1) is 13.6. The van der Waals surface area contributed by atoms with Gasteiger partial charge in [-0.15, -0.1) is 0 Å². The number of benzene rings is 1. The highest BCUT2D eigenvalue weighted by molar-refractivity contribution is 5.96. The molecule has 0 bridgehead atoms. The maximum absolute atomic E-state index is 12.9. The normalized spacial score (nSPS) is 31.9. The highest BCUT2D eigenvalue weighted by Gasteiger charge is 2.43. The van der Waals surface area contributed by atoms with Crippen molar-refractivity contribution in [2.24, 2.45) is 0 Å². The van der Waals surface area contributed by atoms with Gasteiger partial charge in [-0.25, -0.2) is 4.79 Å². The molecule has 4 atom stereocenters. The van der Waals surface area contributed by atoms with E-state index in [1.807, 2.05) is 65.8 Å². The molecule has 0 aliphatic carbocycles. The van der Waals surface area contributed by atoms with Gasteiger partial charge < -0.3 is 19.3 Å². The maximum atomic E-state index is 12.9. The van der Waals surface area contributed by atoms with Crippen LogP contribution in [0.5, 0.6) is 0 Å². The van der Waals surface area contributed by atoms with Gasteiger partial charge >= 0.3 is 5.97 Å². The predicted molar refractivity (Wildman–Crippen MR) is 113 cm³/mol. The zero-order valence-corrected chi connectivity index (χ0v) is 18.2. The summed E-state index contributed by atoms with van der Waals surface area (Å²) < 4.78 is 17.7. The van der Waals surface area contributed by atoms with Gasteiger partial charge in [-0.1, -0.05) is 30.4 Å². The second-order valence-corrected chi connectivity index (χ2v) is 8.55. The number of aliphatic hydroxyl groups is 1. The van der Waals surface area contributed by atoms with Gasteiger partial charge in [-0.3, -0.25) is 0 Å². The number of carbonyl (C=O) groups excluding carboxylic acids is 1. The highest BCUT2D eigenvalue weighted by atomic mass is 16.8. The summed E-state index contributed by atoms with van der Waals surface area (Å²) in [6.45, 7) is 11.6. The first-order valence-electron chi connectivity index (χ1n) is 10.3. The maximum Gasteiger partial charge on any atom is 0.339 e. The zero-order valence-electron chi connectivity index (χ0n) is 18.2. The number of hydrogen-bond acceptors (Lipinski definition) is 5. The van der Waals surface area contributed by atoms with E-state index in [9.17, 15) is 9.90 Å². The molecule has 1 aromatic rings. The van der Waals surface area contributed by atoms with Crippen molar-refractivity contribution in [3.05, 3.63) is 52.1 Å². The van der Waals surface area contributed by atoms with Crippen LogP contribution in [-0.2, 0) is 14.2 Å². The van der Waals surface area contributed by atoms with Crippen LogP contribution in [-0.4, -0.2) is 41.3 Å². The molecule has 0 saturated carbocycles. The van der Waals surface area contributed by atoms with Gasteiger partial charge in [0, 0.05) is 6.42 Å². The van der Waals surface area contributed by atoms with Gasteiger partial charge in [-0.05, 0) is 70.2 Å². The topological polar surface area (TPSA) is 65.0 Å². The van der Waals surface area contributed by atoms with E-state index in [0.717, 1.165) is 22.3 Å². The summed E-state index contributed by atoms with van der Waals surface area (Å²) in [6, 6.07) is 2.02. The second kappa shape index (κ2) is 8.42. The summed E-state index contributed by atoms with van der Waals surface area (Å²) >= 11 is 0. The first kappa shape index (κ1) is 21.8. The predicted octanol–water partition coefficient (Wildman–Crippen LogP) is 4.40. The molecule has 1 fully saturated rings. The van der Waals surface area contributed by atoms with Crippen molar-refractivity contribution in [2.45, 2.75) is 84.6 Å². The van der Waals surface area contributed by atoms with E-state index in [4.69, 9.17) is 14.2 Å². The van der Waals surface area contributed by atoms with Crippen LogP contribution in [0.2, 0.25) is 0 Å². The minimum absolute atomic E-state index is 0.274. The molecule has 2 aliphatic rings. The molecule has 3 rings (SSSR count). The van der Waals surface area contributed by atoms with E-state index in [1.54, 1.807) is 6.08 Å². The molecule has 5 nitrogen and oxygen atoms in total. The summed E-state index contributed by atoms with van der Waals surface area (Å²) in [4.78, 5) is 12.9. The SMILES string of the molecule is Cc1cc2c(c(C)c1C)C(=O)O[C@@H](C)C/C=C\C(O)[C@H]1OC(C)(C)O[C@H]1C/C=C/2. The molecule has 0 spiro atoms. The number of ether oxygens (including phenoxy) is 3. The van der Waals surface area contributed by atoms with Crippen LogP contribution in [0.25, 0.3) is 6.08 Å². The van der Waals surface area contributed by atoms with E-state index in [-0.39, 0.29) is 18.2 Å². The minimum atomic E-state index is -0.791. The fraction of sp³-hybridized carbons (Fsp3) is 0.542. The van der Waals surface area contributed by atoms with Crippen molar-refractivity contribution in [3.8, 4) is 0 Å². The van der Waals surface area contributed by atoms with Crippen LogP contribution >= 0.6 is 0 Å². The third-order valence-electron chi connectivity index (χ3n) is 5.73. The van der Waals surface area contributed by atoms with Crippen LogP contribution in [0.1, 0.15) is 66.2 Å². The van der Waals surface area contributed by atoms with E-state index in [2.05, 4.69) is 0 Å². The molecular formula is C24H32O5. The smallest absolute Gasteiger partial charge is 0.339 e. The Balaban J connectivity index is 2.01. The van der Waals surface area contributed by atoms with Crippen LogP contribution in [0, 0.1) is 20.8 Å². The van der Waals surface area contributed by atoms with E-state index < -0.39 is 18.0 Å². The molecule has 2 heterocycles. The van der Waals surface area contributed by atoms with Crippen molar-refractivity contribution < 1.29 is 24.1 Å². The number of rotatable bonds is 0. The Labute approximate surface area is 173 Å². The Morgan fingerprint density at radius 3 is 2.52 bits per heavy atom. The Morgan fingerprint density at radius 2 is 1.79 bits per heavy atom. The van der Waals surface area contributed by atoms with E-state index in [0.29, 0.717) is 18.4 Å². The third-order valence-corrected chi connectivity index (χ3v) is 5.73.